The van der Waals surface area contributed by atoms with Crippen LogP contribution in [0, 0.1) is 0 Å². The van der Waals surface area contributed by atoms with Crippen molar-refractivity contribution in [3.05, 3.63) is 39.8 Å². The second-order valence-corrected chi connectivity index (χ2v) is 4.84. The maximum Gasteiger partial charge on any atom is 0.221 e. The number of nitrogens with one attached hydrogen (secondary N) is 2. The number of anilines is 2. The summed E-state index contributed by atoms with van der Waals surface area (Å²) in [6.45, 7) is 2.10. The van der Waals surface area contributed by atoms with Gasteiger partial charge < -0.3 is 10.6 Å². The summed E-state index contributed by atoms with van der Waals surface area (Å²) in [5.41, 5.74) is 4.29. The van der Waals surface area contributed by atoms with Gasteiger partial charge in [0.05, 0.1) is 28.5 Å². The predicted octanol–water partition coefficient (Wildman–Crippen LogP) is 3.37. The summed E-state index contributed by atoms with van der Waals surface area (Å²) < 4.78 is 0. The summed E-state index contributed by atoms with van der Waals surface area (Å²) in [6.07, 6.45) is 0. The minimum absolute atomic E-state index is 0.139. The molecule has 94 valence electrons. The Morgan fingerprint density at radius 1 is 1.50 bits per heavy atom. The smallest absolute Gasteiger partial charge is 0.221 e. The Morgan fingerprint density at radius 3 is 2.94 bits per heavy atom. The molecule has 0 spiro atoms. The van der Waals surface area contributed by atoms with Crippen LogP contribution < -0.4 is 10.6 Å². The maximum absolute atomic E-state index is 10.9. The van der Waals surface area contributed by atoms with Crippen molar-refractivity contribution in [2.24, 2.45) is 0 Å². The van der Waals surface area contributed by atoms with Gasteiger partial charge in [-0.2, -0.15) is 0 Å². The van der Waals surface area contributed by atoms with Crippen LogP contribution in [0.1, 0.15) is 12.6 Å². The first-order chi connectivity index (χ1) is 8.65. The van der Waals surface area contributed by atoms with E-state index in [0.29, 0.717) is 17.3 Å². The van der Waals surface area contributed by atoms with Crippen LogP contribution >= 0.6 is 22.9 Å². The highest BCUT2D eigenvalue weighted by Crippen LogP contribution is 2.25. The third-order valence-corrected chi connectivity index (χ3v) is 3.18. The van der Waals surface area contributed by atoms with Gasteiger partial charge >= 0.3 is 0 Å². The lowest BCUT2D eigenvalue weighted by Gasteiger charge is -2.09. The highest BCUT2D eigenvalue weighted by Gasteiger charge is 2.03. The van der Waals surface area contributed by atoms with E-state index in [2.05, 4.69) is 15.6 Å². The van der Waals surface area contributed by atoms with E-state index in [-0.39, 0.29) is 5.91 Å². The van der Waals surface area contributed by atoms with E-state index < -0.39 is 0 Å². The molecule has 0 aliphatic carbocycles. The van der Waals surface area contributed by atoms with Gasteiger partial charge in [0.15, 0.2) is 0 Å². The zero-order valence-corrected chi connectivity index (χ0v) is 11.3. The van der Waals surface area contributed by atoms with Crippen LogP contribution in [0.4, 0.5) is 11.4 Å². The molecule has 0 atom stereocenters. The van der Waals surface area contributed by atoms with Gasteiger partial charge in [0, 0.05) is 18.0 Å². The number of thiazole rings is 1. The molecule has 6 heteroatoms. The molecular weight excluding hydrogens is 270 g/mol. The molecular formula is C12H12ClN3OS. The lowest BCUT2D eigenvalue weighted by molar-refractivity contribution is -0.114. The quantitative estimate of drug-likeness (QED) is 0.903. The molecule has 2 N–H and O–H groups in total. The third kappa shape index (κ3) is 3.45. The predicted molar refractivity (Wildman–Crippen MR) is 75.2 cm³/mol. The molecule has 1 amide bonds. The van der Waals surface area contributed by atoms with Gasteiger partial charge in [0.1, 0.15) is 0 Å². The second kappa shape index (κ2) is 5.84. The topological polar surface area (TPSA) is 54.0 Å². The van der Waals surface area contributed by atoms with E-state index >= 15 is 0 Å². The molecule has 0 saturated carbocycles. The van der Waals surface area contributed by atoms with Gasteiger partial charge in [-0.3, -0.25) is 4.79 Å². The largest absolute Gasteiger partial charge is 0.379 e. The number of carbonyl (C=O) groups is 1. The van der Waals surface area contributed by atoms with Crippen molar-refractivity contribution in [2.75, 3.05) is 10.6 Å². The first kappa shape index (κ1) is 12.9. The van der Waals surface area contributed by atoms with Gasteiger partial charge in [0.25, 0.3) is 0 Å². The van der Waals surface area contributed by atoms with E-state index in [9.17, 15) is 4.79 Å². The van der Waals surface area contributed by atoms with Gasteiger partial charge in [0.2, 0.25) is 5.91 Å². The normalized spacial score (nSPS) is 10.1. The minimum atomic E-state index is -0.139. The number of hydrogen-bond donors (Lipinski definition) is 2. The van der Waals surface area contributed by atoms with Crippen molar-refractivity contribution in [2.45, 2.75) is 13.5 Å². The third-order valence-electron chi connectivity index (χ3n) is 2.24. The molecule has 0 fully saturated rings. The molecule has 4 nitrogen and oxygen atoms in total. The van der Waals surface area contributed by atoms with Crippen LogP contribution in [-0.2, 0) is 11.3 Å². The van der Waals surface area contributed by atoms with Crippen LogP contribution in [0.2, 0.25) is 5.02 Å². The Bertz CT molecular complexity index is 542. The first-order valence-corrected chi connectivity index (χ1v) is 6.65. The van der Waals surface area contributed by atoms with Crippen molar-refractivity contribution in [1.82, 2.24) is 4.98 Å². The SMILES string of the molecule is CC(=O)Nc1ccc(NCc2cscn2)cc1Cl. The number of rotatable bonds is 4. The fourth-order valence-electron chi connectivity index (χ4n) is 1.43. The number of amides is 1. The molecule has 0 unspecified atom stereocenters. The average molecular weight is 282 g/mol. The maximum atomic E-state index is 10.9. The van der Waals surface area contributed by atoms with Crippen molar-refractivity contribution in [1.29, 1.82) is 0 Å². The summed E-state index contributed by atoms with van der Waals surface area (Å²) in [5, 5.41) is 8.37. The Kier molecular flexibility index (Phi) is 4.17. The van der Waals surface area contributed by atoms with Crippen LogP contribution in [0.25, 0.3) is 0 Å². The zero-order valence-electron chi connectivity index (χ0n) is 9.74. The Balaban J connectivity index is 2.02. The lowest BCUT2D eigenvalue weighted by Crippen LogP contribution is -2.06. The molecule has 2 rings (SSSR count). The van der Waals surface area contributed by atoms with E-state index in [1.807, 2.05) is 11.4 Å². The highest BCUT2D eigenvalue weighted by molar-refractivity contribution is 7.07. The molecule has 0 saturated heterocycles. The van der Waals surface area contributed by atoms with Crippen molar-refractivity contribution in [3.63, 3.8) is 0 Å². The van der Waals surface area contributed by atoms with Crippen LogP contribution in [0.3, 0.4) is 0 Å². The van der Waals surface area contributed by atoms with Crippen LogP contribution in [-0.4, -0.2) is 10.9 Å². The number of hydrogen-bond acceptors (Lipinski definition) is 4. The number of aromatic nitrogens is 1. The van der Waals surface area contributed by atoms with Crippen molar-refractivity contribution in [3.8, 4) is 0 Å². The molecule has 1 aromatic carbocycles. The molecule has 0 aliphatic heterocycles. The monoisotopic (exact) mass is 281 g/mol. The first-order valence-electron chi connectivity index (χ1n) is 5.33. The zero-order chi connectivity index (χ0) is 13.0. The standard InChI is InChI=1S/C12H12ClN3OS/c1-8(17)16-12-3-2-9(4-11(12)13)14-5-10-6-18-7-15-10/h2-4,6-7,14H,5H2,1H3,(H,16,17). The summed E-state index contributed by atoms with van der Waals surface area (Å²) >= 11 is 7.63. The molecule has 1 aromatic heterocycles. The number of nitrogens with zero attached hydrogens (tertiary/aromatic N) is 1. The molecule has 0 radical (unpaired) electrons. The average Bonchev–Trinajstić information content (AvgIpc) is 2.82. The van der Waals surface area contributed by atoms with E-state index in [1.54, 1.807) is 29.0 Å². The number of halogens is 1. The van der Waals surface area contributed by atoms with Crippen molar-refractivity contribution >= 4 is 40.2 Å². The Hall–Kier alpha value is -1.59. The molecule has 18 heavy (non-hydrogen) atoms. The van der Waals surface area contributed by atoms with Crippen LogP contribution in [0.15, 0.2) is 29.1 Å². The lowest BCUT2D eigenvalue weighted by atomic mass is 10.2. The van der Waals surface area contributed by atoms with Gasteiger partial charge in [-0.1, -0.05) is 11.6 Å². The molecule has 1 heterocycles. The number of benzene rings is 1. The summed E-state index contributed by atoms with van der Waals surface area (Å²) in [6, 6.07) is 5.41. The van der Waals surface area contributed by atoms with Gasteiger partial charge in [-0.05, 0) is 18.2 Å². The van der Waals surface area contributed by atoms with Gasteiger partial charge in [-0.15, -0.1) is 11.3 Å². The second-order valence-electron chi connectivity index (χ2n) is 3.71. The molecule has 0 bridgehead atoms. The molecule has 2 aromatic rings. The Labute approximate surface area is 114 Å². The summed E-state index contributed by atoms with van der Waals surface area (Å²) in [5.74, 6) is -0.139. The van der Waals surface area contributed by atoms with Crippen molar-refractivity contribution < 1.29 is 4.79 Å². The minimum Gasteiger partial charge on any atom is -0.379 e. The number of carbonyl (C=O) groups excluding carboxylic acids is 1. The fraction of sp³-hybridized carbons (Fsp3) is 0.167. The van der Waals surface area contributed by atoms with Gasteiger partial charge in [-0.25, -0.2) is 4.98 Å². The highest BCUT2D eigenvalue weighted by atomic mass is 35.5. The summed E-state index contributed by atoms with van der Waals surface area (Å²) in [4.78, 5) is 15.1. The Morgan fingerprint density at radius 2 is 2.33 bits per heavy atom. The van der Waals surface area contributed by atoms with E-state index in [4.69, 9.17) is 11.6 Å². The van der Waals surface area contributed by atoms with Crippen LogP contribution in [0.5, 0.6) is 0 Å². The fourth-order valence-corrected chi connectivity index (χ4v) is 2.22. The summed E-state index contributed by atoms with van der Waals surface area (Å²) in [7, 11) is 0. The van der Waals surface area contributed by atoms with E-state index in [1.165, 1.54) is 6.92 Å². The molecule has 0 aliphatic rings. The van der Waals surface area contributed by atoms with E-state index in [0.717, 1.165) is 11.4 Å².